The van der Waals surface area contributed by atoms with E-state index in [1.54, 1.807) is 24.3 Å². The highest BCUT2D eigenvalue weighted by Crippen LogP contribution is 2.25. The van der Waals surface area contributed by atoms with Crippen LogP contribution >= 0.6 is 0 Å². The number of hydrogen-bond acceptors (Lipinski definition) is 5. The number of amides is 2. The molecule has 0 saturated heterocycles. The van der Waals surface area contributed by atoms with Crippen molar-refractivity contribution in [3.05, 3.63) is 106 Å². The summed E-state index contributed by atoms with van der Waals surface area (Å²) < 4.78 is 6.83. The second kappa shape index (κ2) is 9.80. The molecule has 4 aromatic rings. The summed E-state index contributed by atoms with van der Waals surface area (Å²) in [5, 5.41) is 5.09. The maximum absolute atomic E-state index is 12.9. The summed E-state index contributed by atoms with van der Waals surface area (Å²) in [4.78, 5) is 38.2. The lowest BCUT2D eigenvalue weighted by Crippen LogP contribution is -2.44. The zero-order valence-electron chi connectivity index (χ0n) is 19.0. The summed E-state index contributed by atoms with van der Waals surface area (Å²) in [6.45, 7) is -0.0352. The number of fused-ring (bicyclic) bond motifs is 2. The first kappa shape index (κ1) is 22.3. The molecule has 1 aliphatic carbocycles. The number of rotatable bonds is 6. The van der Waals surface area contributed by atoms with Crippen molar-refractivity contribution in [2.75, 3.05) is 6.61 Å². The molecule has 0 atom stereocenters. The fourth-order valence-corrected chi connectivity index (χ4v) is 4.27. The van der Waals surface area contributed by atoms with Crippen molar-refractivity contribution >= 4 is 22.6 Å². The largest absolute Gasteiger partial charge is 0.484 e. The van der Waals surface area contributed by atoms with Crippen LogP contribution in [0, 0.1) is 0 Å². The molecule has 2 N–H and O–H groups in total. The van der Waals surface area contributed by atoms with Crippen LogP contribution in [0.25, 0.3) is 10.8 Å². The van der Waals surface area contributed by atoms with E-state index in [9.17, 15) is 14.4 Å². The number of nitrogens with one attached hydrogen (secondary N) is 2. The van der Waals surface area contributed by atoms with Crippen LogP contribution in [0.15, 0.2) is 77.6 Å². The summed E-state index contributed by atoms with van der Waals surface area (Å²) in [6, 6.07) is 22.0. The Kier molecular flexibility index (Phi) is 6.26. The van der Waals surface area contributed by atoms with Gasteiger partial charge in [-0.05, 0) is 54.2 Å². The van der Waals surface area contributed by atoms with Crippen LogP contribution < -0.4 is 21.1 Å². The van der Waals surface area contributed by atoms with Gasteiger partial charge in [0.2, 0.25) is 0 Å². The molecule has 0 saturated carbocycles. The normalized spacial score (nSPS) is 12.2. The first-order valence-electron chi connectivity index (χ1n) is 11.5. The van der Waals surface area contributed by atoms with Crippen molar-refractivity contribution in [3.8, 4) is 5.75 Å². The highest BCUT2D eigenvalue weighted by molar-refractivity contribution is 6.05. The topological polar surface area (TPSA) is 102 Å². The maximum atomic E-state index is 12.9. The number of benzene rings is 3. The molecule has 0 aliphatic heterocycles. The molecule has 5 rings (SSSR count). The van der Waals surface area contributed by atoms with Crippen LogP contribution in [0.4, 0.5) is 0 Å². The minimum atomic E-state index is -0.631. The average Bonchev–Trinajstić information content (AvgIpc) is 3.36. The Morgan fingerprint density at radius 3 is 2.46 bits per heavy atom. The van der Waals surface area contributed by atoms with Gasteiger partial charge in [0, 0.05) is 5.39 Å². The van der Waals surface area contributed by atoms with Gasteiger partial charge in [0.15, 0.2) is 12.3 Å². The Balaban J connectivity index is 1.28. The number of hydrazine groups is 1. The fraction of sp³-hybridized carbons (Fsp3) is 0.185. The lowest BCUT2D eigenvalue weighted by Gasteiger charge is -2.12. The van der Waals surface area contributed by atoms with Crippen molar-refractivity contribution in [1.29, 1.82) is 0 Å². The second-order valence-corrected chi connectivity index (χ2v) is 8.42. The van der Waals surface area contributed by atoms with Crippen molar-refractivity contribution in [2.24, 2.45) is 0 Å². The molecular formula is C27H24N4O4. The van der Waals surface area contributed by atoms with Crippen molar-refractivity contribution in [1.82, 2.24) is 20.6 Å². The predicted octanol–water partition coefficient (Wildman–Crippen LogP) is 2.77. The SMILES string of the molecule is O=C(COc1ccc2c(c1)CCC2)NNC(=O)c1nn(Cc2ccccc2)c(=O)c2ccccc12. The molecule has 1 aliphatic rings. The Morgan fingerprint density at radius 1 is 0.886 bits per heavy atom. The summed E-state index contributed by atoms with van der Waals surface area (Å²) in [6.07, 6.45) is 3.22. The monoisotopic (exact) mass is 468 g/mol. The Labute approximate surface area is 201 Å². The Hall–Kier alpha value is -4.46. The van der Waals surface area contributed by atoms with Gasteiger partial charge in [-0.1, -0.05) is 54.6 Å². The molecular weight excluding hydrogens is 444 g/mol. The van der Waals surface area contributed by atoms with E-state index in [0.717, 1.165) is 24.8 Å². The van der Waals surface area contributed by atoms with Crippen LogP contribution in [-0.2, 0) is 24.2 Å². The molecule has 0 bridgehead atoms. The minimum absolute atomic E-state index is 0.0379. The van der Waals surface area contributed by atoms with Gasteiger partial charge in [-0.15, -0.1) is 0 Å². The van der Waals surface area contributed by atoms with Gasteiger partial charge in [0.25, 0.3) is 17.4 Å². The summed E-state index contributed by atoms with van der Waals surface area (Å²) in [5.41, 5.74) is 7.93. The highest BCUT2D eigenvalue weighted by atomic mass is 16.5. The van der Waals surface area contributed by atoms with Gasteiger partial charge in [0.1, 0.15) is 5.75 Å². The van der Waals surface area contributed by atoms with Gasteiger partial charge in [0.05, 0.1) is 11.9 Å². The van der Waals surface area contributed by atoms with E-state index in [4.69, 9.17) is 4.74 Å². The van der Waals surface area contributed by atoms with E-state index in [1.165, 1.54) is 15.8 Å². The third kappa shape index (κ3) is 4.91. The van der Waals surface area contributed by atoms with Gasteiger partial charge >= 0.3 is 0 Å². The number of carbonyl (C=O) groups excluding carboxylic acids is 2. The number of aromatic nitrogens is 2. The molecule has 1 heterocycles. The van der Waals surface area contributed by atoms with E-state index in [-0.39, 0.29) is 24.4 Å². The van der Waals surface area contributed by atoms with Crippen LogP contribution in [-0.4, -0.2) is 28.2 Å². The number of aryl methyl sites for hydroxylation is 2. The average molecular weight is 469 g/mol. The zero-order chi connectivity index (χ0) is 24.2. The first-order chi connectivity index (χ1) is 17.1. The Bertz CT molecular complexity index is 1460. The highest BCUT2D eigenvalue weighted by Gasteiger charge is 2.18. The molecule has 0 unspecified atom stereocenters. The van der Waals surface area contributed by atoms with Gasteiger partial charge in [-0.25, -0.2) is 4.68 Å². The molecule has 0 radical (unpaired) electrons. The Morgan fingerprint density at radius 2 is 1.63 bits per heavy atom. The van der Waals surface area contributed by atoms with Crippen molar-refractivity contribution in [2.45, 2.75) is 25.8 Å². The predicted molar refractivity (Wildman–Crippen MR) is 131 cm³/mol. The van der Waals surface area contributed by atoms with E-state index in [0.29, 0.717) is 16.5 Å². The van der Waals surface area contributed by atoms with Crippen LogP contribution in [0.1, 0.15) is 33.6 Å². The number of ether oxygens (including phenoxy) is 1. The van der Waals surface area contributed by atoms with E-state index in [2.05, 4.69) is 16.0 Å². The molecule has 2 amide bonds. The first-order valence-corrected chi connectivity index (χ1v) is 11.5. The van der Waals surface area contributed by atoms with Crippen molar-refractivity contribution < 1.29 is 14.3 Å². The summed E-state index contributed by atoms with van der Waals surface area (Å²) in [5.74, 6) is -0.526. The lowest BCUT2D eigenvalue weighted by molar-refractivity contribution is -0.123. The number of carbonyl (C=O) groups is 2. The molecule has 0 spiro atoms. The molecule has 8 heteroatoms. The van der Waals surface area contributed by atoms with Crippen LogP contribution in [0.3, 0.4) is 0 Å². The third-order valence-electron chi connectivity index (χ3n) is 6.01. The molecule has 8 nitrogen and oxygen atoms in total. The maximum Gasteiger partial charge on any atom is 0.290 e. The van der Waals surface area contributed by atoms with Gasteiger partial charge in [-0.3, -0.25) is 25.2 Å². The van der Waals surface area contributed by atoms with Gasteiger partial charge < -0.3 is 4.74 Å². The third-order valence-corrected chi connectivity index (χ3v) is 6.01. The van der Waals surface area contributed by atoms with E-state index < -0.39 is 11.8 Å². The molecule has 1 aromatic heterocycles. The van der Waals surface area contributed by atoms with Crippen LogP contribution in [0.5, 0.6) is 5.75 Å². The zero-order valence-corrected chi connectivity index (χ0v) is 19.0. The minimum Gasteiger partial charge on any atom is -0.484 e. The van der Waals surface area contributed by atoms with Crippen LogP contribution in [0.2, 0.25) is 0 Å². The quantitative estimate of drug-likeness (QED) is 0.424. The molecule has 176 valence electrons. The molecule has 0 fully saturated rings. The summed E-state index contributed by atoms with van der Waals surface area (Å²) >= 11 is 0. The van der Waals surface area contributed by atoms with E-state index >= 15 is 0 Å². The molecule has 35 heavy (non-hydrogen) atoms. The number of hydrogen-bond donors (Lipinski definition) is 2. The van der Waals surface area contributed by atoms with Gasteiger partial charge in [-0.2, -0.15) is 5.10 Å². The number of nitrogens with zero attached hydrogens (tertiary/aromatic N) is 2. The fourth-order valence-electron chi connectivity index (χ4n) is 4.27. The van der Waals surface area contributed by atoms with Crippen molar-refractivity contribution in [3.63, 3.8) is 0 Å². The smallest absolute Gasteiger partial charge is 0.290 e. The second-order valence-electron chi connectivity index (χ2n) is 8.42. The molecule has 3 aromatic carbocycles. The summed E-state index contributed by atoms with van der Waals surface area (Å²) in [7, 11) is 0. The standard InChI is InChI=1S/C27H24N4O4/c32-24(17-35-21-14-13-19-9-6-10-20(19)15-21)28-29-26(33)25-22-11-4-5-12-23(22)27(34)31(30-25)16-18-7-2-1-3-8-18/h1-5,7-8,11-15H,6,9-10,16-17H2,(H,28,32)(H,29,33). The lowest BCUT2D eigenvalue weighted by atomic mass is 10.1. The van der Waals surface area contributed by atoms with E-state index in [1.807, 2.05) is 48.5 Å².